The number of carbonyl (C=O) groups is 1. The van der Waals surface area contributed by atoms with Crippen LogP contribution in [0.4, 0.5) is 13.2 Å². The smallest absolute Gasteiger partial charge is 0.361 e. The van der Waals surface area contributed by atoms with E-state index in [1.165, 1.54) is 12.4 Å². The third-order valence-electron chi connectivity index (χ3n) is 4.94. The highest BCUT2D eigenvalue weighted by molar-refractivity contribution is 5.95. The SMILES string of the molecule is Cc1noc(C)c1-c1cnc2cc(C(=O)NCC[n+]3ccc(C(F)(F)F)cc3)ccn12. The van der Waals surface area contributed by atoms with Gasteiger partial charge in [0.25, 0.3) is 5.91 Å². The molecule has 7 nitrogen and oxygen atoms in total. The van der Waals surface area contributed by atoms with Crippen molar-refractivity contribution in [2.75, 3.05) is 6.54 Å². The number of amides is 1. The molecule has 0 fully saturated rings. The van der Waals surface area contributed by atoms with Crippen LogP contribution in [0.15, 0.2) is 53.6 Å². The van der Waals surface area contributed by atoms with Gasteiger partial charge in [0.1, 0.15) is 11.4 Å². The lowest BCUT2D eigenvalue weighted by atomic mass is 10.1. The molecule has 4 aromatic rings. The second kappa shape index (κ2) is 7.86. The van der Waals surface area contributed by atoms with Gasteiger partial charge in [0.2, 0.25) is 0 Å². The van der Waals surface area contributed by atoms with Gasteiger partial charge < -0.3 is 9.84 Å². The minimum Gasteiger partial charge on any atom is -0.361 e. The highest BCUT2D eigenvalue weighted by Crippen LogP contribution is 2.28. The first-order chi connectivity index (χ1) is 14.7. The average Bonchev–Trinajstić information content (AvgIpc) is 3.29. The van der Waals surface area contributed by atoms with E-state index in [2.05, 4.69) is 15.5 Å². The molecule has 1 amide bonds. The summed E-state index contributed by atoms with van der Waals surface area (Å²) in [6.45, 7) is 4.28. The van der Waals surface area contributed by atoms with Gasteiger partial charge in [-0.3, -0.25) is 9.20 Å². The quantitative estimate of drug-likeness (QED) is 0.493. The summed E-state index contributed by atoms with van der Waals surface area (Å²) in [6, 6.07) is 5.36. The van der Waals surface area contributed by atoms with E-state index in [4.69, 9.17) is 4.52 Å². The summed E-state index contributed by atoms with van der Waals surface area (Å²) in [5, 5.41) is 6.73. The van der Waals surface area contributed by atoms with Gasteiger partial charge in [-0.15, -0.1) is 0 Å². The number of rotatable bonds is 5. The Morgan fingerprint density at radius 3 is 2.61 bits per heavy atom. The first kappa shape index (κ1) is 20.6. The van der Waals surface area contributed by atoms with E-state index in [0.717, 1.165) is 29.1 Å². The largest absolute Gasteiger partial charge is 0.416 e. The van der Waals surface area contributed by atoms with Gasteiger partial charge >= 0.3 is 6.18 Å². The predicted octanol–water partition coefficient (Wildman–Crippen LogP) is 3.34. The fourth-order valence-electron chi connectivity index (χ4n) is 3.35. The number of aryl methyl sites for hydroxylation is 2. The van der Waals surface area contributed by atoms with Crippen molar-refractivity contribution in [3.05, 3.63) is 71.6 Å². The zero-order valence-electron chi connectivity index (χ0n) is 16.8. The summed E-state index contributed by atoms with van der Waals surface area (Å²) in [4.78, 5) is 16.9. The number of hydrogen-bond donors (Lipinski definition) is 1. The summed E-state index contributed by atoms with van der Waals surface area (Å²) in [5.41, 5.74) is 2.74. The van der Waals surface area contributed by atoms with Gasteiger partial charge in [-0.05, 0) is 26.0 Å². The molecule has 0 unspecified atom stereocenters. The minimum atomic E-state index is -4.37. The Bertz CT molecular complexity index is 1220. The summed E-state index contributed by atoms with van der Waals surface area (Å²) in [5.74, 6) is 0.388. The van der Waals surface area contributed by atoms with E-state index in [9.17, 15) is 18.0 Å². The number of hydrogen-bond acceptors (Lipinski definition) is 4. The Labute approximate surface area is 175 Å². The van der Waals surface area contributed by atoms with Crippen molar-refractivity contribution in [3.63, 3.8) is 0 Å². The first-order valence-corrected chi connectivity index (χ1v) is 9.49. The topological polar surface area (TPSA) is 76.3 Å². The van der Waals surface area contributed by atoms with E-state index >= 15 is 0 Å². The Balaban J connectivity index is 1.43. The van der Waals surface area contributed by atoms with Crippen LogP contribution in [0.5, 0.6) is 0 Å². The van der Waals surface area contributed by atoms with Crippen LogP contribution in [0.1, 0.15) is 27.4 Å². The highest BCUT2D eigenvalue weighted by atomic mass is 19.4. The van der Waals surface area contributed by atoms with Gasteiger partial charge in [0.15, 0.2) is 18.9 Å². The maximum atomic E-state index is 12.6. The second-order valence-electron chi connectivity index (χ2n) is 7.06. The van der Waals surface area contributed by atoms with Crippen molar-refractivity contribution in [3.8, 4) is 11.3 Å². The van der Waals surface area contributed by atoms with Crippen molar-refractivity contribution in [2.45, 2.75) is 26.6 Å². The number of carbonyl (C=O) groups excluding carboxylic acids is 1. The molecule has 0 aliphatic rings. The molecule has 160 valence electrons. The Hall–Kier alpha value is -3.69. The van der Waals surface area contributed by atoms with Crippen LogP contribution in [0.2, 0.25) is 0 Å². The Kier molecular flexibility index (Phi) is 5.22. The maximum Gasteiger partial charge on any atom is 0.416 e. The molecule has 10 heteroatoms. The van der Waals surface area contributed by atoms with Crippen LogP contribution < -0.4 is 9.88 Å². The summed E-state index contributed by atoms with van der Waals surface area (Å²) < 4.78 is 46.5. The molecule has 0 spiro atoms. The van der Waals surface area contributed by atoms with Gasteiger partial charge in [0.05, 0.1) is 35.3 Å². The van der Waals surface area contributed by atoms with E-state index in [-0.39, 0.29) is 12.5 Å². The molecule has 0 aliphatic carbocycles. The molecule has 1 N–H and O–H groups in total. The molecule has 0 atom stereocenters. The number of pyridine rings is 2. The van der Waals surface area contributed by atoms with Crippen LogP contribution in [0.25, 0.3) is 16.9 Å². The Morgan fingerprint density at radius 1 is 1.23 bits per heavy atom. The predicted molar refractivity (Wildman–Crippen MR) is 104 cm³/mol. The van der Waals surface area contributed by atoms with Gasteiger partial charge in [0, 0.05) is 23.9 Å². The van der Waals surface area contributed by atoms with Crippen molar-refractivity contribution in [2.24, 2.45) is 0 Å². The van der Waals surface area contributed by atoms with Crippen molar-refractivity contribution < 1.29 is 27.1 Å². The number of nitrogens with one attached hydrogen (secondary N) is 1. The number of imidazole rings is 1. The number of fused-ring (bicyclic) bond motifs is 1. The van der Waals surface area contributed by atoms with Gasteiger partial charge in [-0.2, -0.15) is 13.2 Å². The maximum absolute atomic E-state index is 12.6. The third-order valence-corrected chi connectivity index (χ3v) is 4.94. The average molecular weight is 430 g/mol. The third kappa shape index (κ3) is 4.14. The van der Waals surface area contributed by atoms with E-state index < -0.39 is 11.7 Å². The van der Waals surface area contributed by atoms with E-state index in [1.807, 2.05) is 18.2 Å². The van der Waals surface area contributed by atoms with Crippen molar-refractivity contribution in [1.29, 1.82) is 0 Å². The number of alkyl halides is 3. The molecule has 0 bridgehead atoms. The molecular formula is C21H19F3N5O2+. The highest BCUT2D eigenvalue weighted by Gasteiger charge is 2.31. The van der Waals surface area contributed by atoms with Gasteiger partial charge in [-0.25, -0.2) is 9.55 Å². The fourth-order valence-corrected chi connectivity index (χ4v) is 3.35. The summed E-state index contributed by atoms with van der Waals surface area (Å²) in [7, 11) is 0. The zero-order chi connectivity index (χ0) is 22.2. The standard InChI is InChI=1S/C21H18F3N5O2/c1-13-19(14(2)31-27-13)17-12-26-18-11-15(3-9-29(17)18)20(30)25-6-10-28-7-4-16(5-8-28)21(22,23)24/h3-5,7-9,11-12H,6,10H2,1-2H3/p+1. The molecular weight excluding hydrogens is 411 g/mol. The van der Waals surface area contributed by atoms with Crippen molar-refractivity contribution in [1.82, 2.24) is 19.9 Å². The second-order valence-corrected chi connectivity index (χ2v) is 7.06. The molecule has 4 aromatic heterocycles. The van der Waals surface area contributed by atoms with Crippen molar-refractivity contribution >= 4 is 11.6 Å². The molecule has 0 aliphatic heterocycles. The summed E-state index contributed by atoms with van der Waals surface area (Å²) in [6.07, 6.45) is 1.75. The van der Waals surface area contributed by atoms with E-state index in [0.29, 0.717) is 23.5 Å². The van der Waals surface area contributed by atoms with Gasteiger partial charge in [-0.1, -0.05) is 5.16 Å². The zero-order valence-corrected chi connectivity index (χ0v) is 16.8. The number of aromatic nitrogens is 4. The molecule has 4 rings (SSSR count). The van der Waals surface area contributed by atoms with Crippen LogP contribution in [-0.4, -0.2) is 27.0 Å². The number of nitrogens with zero attached hydrogens (tertiary/aromatic N) is 4. The molecule has 4 heterocycles. The molecule has 0 aromatic carbocycles. The van der Waals surface area contributed by atoms with Crippen LogP contribution >= 0.6 is 0 Å². The minimum absolute atomic E-state index is 0.263. The normalized spacial score (nSPS) is 11.8. The first-order valence-electron chi connectivity index (χ1n) is 9.49. The Morgan fingerprint density at radius 2 is 1.97 bits per heavy atom. The molecule has 31 heavy (non-hydrogen) atoms. The van der Waals surface area contributed by atoms with Crippen LogP contribution in [0.3, 0.4) is 0 Å². The van der Waals surface area contributed by atoms with Crippen LogP contribution in [0, 0.1) is 13.8 Å². The lowest BCUT2D eigenvalue weighted by Crippen LogP contribution is -2.40. The monoisotopic (exact) mass is 430 g/mol. The lowest BCUT2D eigenvalue weighted by Gasteiger charge is -2.06. The lowest BCUT2D eigenvalue weighted by molar-refractivity contribution is -0.695. The van der Waals surface area contributed by atoms with E-state index in [1.54, 1.807) is 29.1 Å². The molecule has 0 radical (unpaired) electrons. The molecule has 0 saturated heterocycles. The van der Waals surface area contributed by atoms with Crippen LogP contribution in [-0.2, 0) is 12.7 Å². The molecule has 0 saturated carbocycles. The fraction of sp³-hybridized carbons (Fsp3) is 0.238. The summed E-state index contributed by atoms with van der Waals surface area (Å²) >= 11 is 0. The number of halogens is 3.